The van der Waals surface area contributed by atoms with Crippen molar-refractivity contribution in [1.29, 1.82) is 0 Å². The molecule has 0 fully saturated rings. The normalized spacial score (nSPS) is 15.0. The highest BCUT2D eigenvalue weighted by molar-refractivity contribution is 9.10. The fourth-order valence-electron chi connectivity index (χ4n) is 1.30. The molecule has 5 nitrogen and oxygen atoms in total. The largest absolute Gasteiger partial charge is 0.459 e. The summed E-state index contributed by atoms with van der Waals surface area (Å²) in [6.45, 7) is 5.22. The van der Waals surface area contributed by atoms with Gasteiger partial charge in [-0.3, -0.25) is 9.78 Å². The van der Waals surface area contributed by atoms with Crippen LogP contribution in [0.1, 0.15) is 32.4 Å². The zero-order valence-corrected chi connectivity index (χ0v) is 12.1. The molecule has 1 aromatic heterocycles. The topological polar surface area (TPSA) is 85.4 Å². The van der Waals surface area contributed by atoms with Gasteiger partial charge in [0.05, 0.1) is 0 Å². The molecule has 0 aliphatic rings. The van der Waals surface area contributed by atoms with Gasteiger partial charge < -0.3 is 15.6 Å². The van der Waals surface area contributed by atoms with Crippen molar-refractivity contribution >= 4 is 21.9 Å². The fraction of sp³-hybridized carbons (Fsp3) is 0.500. The molecule has 100 valence electrons. The lowest BCUT2D eigenvalue weighted by atomic mass is 10.0. The summed E-state index contributed by atoms with van der Waals surface area (Å²) in [7, 11) is 0. The van der Waals surface area contributed by atoms with Crippen molar-refractivity contribution in [2.45, 2.75) is 38.5 Å². The second-order valence-corrected chi connectivity index (χ2v) is 5.86. The molecular weight excluding hydrogens is 300 g/mol. The Hall–Kier alpha value is -0.980. The standard InChI is InChI=1S/C12H17BrN2O3/c1-12(2,3)18-11(17)9(14)10(16)7-4-8(13)6-15-5-7/h4-6,9-10,16H,14H2,1-3H3/t9-,10-/m0/s1. The molecule has 3 N–H and O–H groups in total. The third kappa shape index (κ3) is 4.36. The molecular formula is C12H17BrN2O3. The molecule has 0 bridgehead atoms. The van der Waals surface area contributed by atoms with E-state index in [2.05, 4.69) is 20.9 Å². The van der Waals surface area contributed by atoms with Gasteiger partial charge in [0.1, 0.15) is 17.7 Å². The van der Waals surface area contributed by atoms with Crippen molar-refractivity contribution in [2.75, 3.05) is 0 Å². The van der Waals surface area contributed by atoms with E-state index in [1.54, 1.807) is 33.0 Å². The summed E-state index contributed by atoms with van der Waals surface area (Å²) in [6, 6.07) is 0.516. The van der Waals surface area contributed by atoms with E-state index in [0.717, 1.165) is 0 Å². The van der Waals surface area contributed by atoms with Gasteiger partial charge in [-0.15, -0.1) is 0 Å². The van der Waals surface area contributed by atoms with Gasteiger partial charge in [0.15, 0.2) is 0 Å². The van der Waals surface area contributed by atoms with E-state index in [-0.39, 0.29) is 0 Å². The highest BCUT2D eigenvalue weighted by Gasteiger charge is 2.29. The summed E-state index contributed by atoms with van der Waals surface area (Å²) < 4.78 is 5.82. The molecule has 0 amide bonds. The van der Waals surface area contributed by atoms with Crippen LogP contribution >= 0.6 is 15.9 Å². The second-order valence-electron chi connectivity index (χ2n) is 4.94. The van der Waals surface area contributed by atoms with Crippen molar-refractivity contribution < 1.29 is 14.6 Å². The molecule has 0 saturated heterocycles. The molecule has 1 rings (SSSR count). The van der Waals surface area contributed by atoms with Crippen LogP contribution in [-0.4, -0.2) is 27.7 Å². The minimum atomic E-state index is -1.15. The Bertz CT molecular complexity index is 432. The van der Waals surface area contributed by atoms with Crippen molar-refractivity contribution in [3.8, 4) is 0 Å². The molecule has 2 atom stereocenters. The van der Waals surface area contributed by atoms with Crippen LogP contribution in [0.3, 0.4) is 0 Å². The average molecular weight is 317 g/mol. The lowest BCUT2D eigenvalue weighted by molar-refractivity contribution is -0.159. The van der Waals surface area contributed by atoms with Crippen molar-refractivity contribution in [3.05, 3.63) is 28.5 Å². The van der Waals surface area contributed by atoms with Gasteiger partial charge in [0, 0.05) is 22.4 Å². The molecule has 18 heavy (non-hydrogen) atoms. The monoisotopic (exact) mass is 316 g/mol. The lowest BCUT2D eigenvalue weighted by Gasteiger charge is -2.24. The molecule has 0 aliphatic carbocycles. The van der Waals surface area contributed by atoms with Gasteiger partial charge in [-0.05, 0) is 42.8 Å². The van der Waals surface area contributed by atoms with Gasteiger partial charge in [-0.25, -0.2) is 0 Å². The third-order valence-electron chi connectivity index (χ3n) is 2.09. The second kappa shape index (κ2) is 5.77. The Morgan fingerprint density at radius 3 is 2.61 bits per heavy atom. The molecule has 6 heteroatoms. The van der Waals surface area contributed by atoms with Gasteiger partial charge >= 0.3 is 5.97 Å². The molecule has 1 heterocycles. The van der Waals surface area contributed by atoms with Crippen LogP contribution in [0.4, 0.5) is 0 Å². The van der Waals surface area contributed by atoms with E-state index in [9.17, 15) is 9.90 Å². The first-order chi connectivity index (χ1) is 8.20. The zero-order valence-electron chi connectivity index (χ0n) is 10.6. The summed E-state index contributed by atoms with van der Waals surface area (Å²) in [6.07, 6.45) is 1.89. The molecule has 1 aromatic rings. The maximum atomic E-state index is 11.7. The van der Waals surface area contributed by atoms with Crippen LogP contribution < -0.4 is 5.73 Å². The van der Waals surface area contributed by atoms with Crippen LogP contribution in [0.5, 0.6) is 0 Å². The minimum Gasteiger partial charge on any atom is -0.459 e. The number of carbonyl (C=O) groups excluding carboxylic acids is 1. The van der Waals surface area contributed by atoms with E-state index in [4.69, 9.17) is 10.5 Å². The van der Waals surface area contributed by atoms with Crippen LogP contribution in [0.15, 0.2) is 22.9 Å². The lowest BCUT2D eigenvalue weighted by Crippen LogP contribution is -2.41. The van der Waals surface area contributed by atoms with Crippen LogP contribution in [0.25, 0.3) is 0 Å². The first-order valence-corrected chi connectivity index (χ1v) is 6.27. The SMILES string of the molecule is CC(C)(C)OC(=O)[C@@H](N)[C@@H](O)c1cncc(Br)c1. The zero-order chi connectivity index (χ0) is 13.9. The van der Waals surface area contributed by atoms with Gasteiger partial charge in [0.2, 0.25) is 0 Å². The fourth-order valence-corrected chi connectivity index (χ4v) is 1.68. The number of hydrogen-bond acceptors (Lipinski definition) is 5. The van der Waals surface area contributed by atoms with Crippen molar-refractivity contribution in [1.82, 2.24) is 4.98 Å². The maximum Gasteiger partial charge on any atom is 0.326 e. The smallest absolute Gasteiger partial charge is 0.326 e. The van der Waals surface area contributed by atoms with E-state index in [1.165, 1.54) is 6.20 Å². The number of rotatable bonds is 3. The highest BCUT2D eigenvalue weighted by atomic mass is 79.9. The van der Waals surface area contributed by atoms with Crippen LogP contribution in [0, 0.1) is 0 Å². The Morgan fingerprint density at radius 1 is 1.50 bits per heavy atom. The number of pyridine rings is 1. The predicted octanol–water partition coefficient (Wildman–Crippen LogP) is 1.55. The Balaban J connectivity index is 2.78. The third-order valence-corrected chi connectivity index (χ3v) is 2.52. The predicted molar refractivity (Wildman–Crippen MR) is 70.7 cm³/mol. The van der Waals surface area contributed by atoms with E-state index >= 15 is 0 Å². The summed E-state index contributed by atoms with van der Waals surface area (Å²) in [5, 5.41) is 9.99. The quantitative estimate of drug-likeness (QED) is 0.826. The number of hydrogen-bond donors (Lipinski definition) is 2. The molecule has 0 radical (unpaired) electrons. The van der Waals surface area contributed by atoms with Crippen LogP contribution in [0.2, 0.25) is 0 Å². The average Bonchev–Trinajstić information content (AvgIpc) is 2.24. The first kappa shape index (κ1) is 15.1. The van der Waals surface area contributed by atoms with Gasteiger partial charge in [-0.2, -0.15) is 0 Å². The van der Waals surface area contributed by atoms with Crippen molar-refractivity contribution in [2.24, 2.45) is 5.73 Å². The molecule has 0 saturated carbocycles. The molecule has 0 unspecified atom stereocenters. The van der Waals surface area contributed by atoms with Crippen molar-refractivity contribution in [3.63, 3.8) is 0 Å². The highest BCUT2D eigenvalue weighted by Crippen LogP contribution is 2.20. The van der Waals surface area contributed by atoms with E-state index < -0.39 is 23.7 Å². The molecule has 0 aromatic carbocycles. The Morgan fingerprint density at radius 2 is 2.11 bits per heavy atom. The number of nitrogens with zero attached hydrogens (tertiary/aromatic N) is 1. The molecule has 0 spiro atoms. The van der Waals surface area contributed by atoms with E-state index in [0.29, 0.717) is 10.0 Å². The number of halogens is 1. The summed E-state index contributed by atoms with van der Waals surface area (Å²) in [5.41, 5.74) is 5.51. The van der Waals surface area contributed by atoms with Crippen LogP contribution in [-0.2, 0) is 9.53 Å². The van der Waals surface area contributed by atoms with E-state index in [1.807, 2.05) is 0 Å². The summed E-state index contributed by atoms with van der Waals surface area (Å²) in [4.78, 5) is 15.6. The summed E-state index contributed by atoms with van der Waals surface area (Å²) in [5.74, 6) is -0.644. The number of aromatic nitrogens is 1. The Labute approximate surface area is 114 Å². The number of aliphatic hydroxyl groups is 1. The summed E-state index contributed by atoms with van der Waals surface area (Å²) >= 11 is 3.23. The number of ether oxygens (including phenoxy) is 1. The number of carbonyl (C=O) groups is 1. The van der Waals surface area contributed by atoms with Gasteiger partial charge in [-0.1, -0.05) is 0 Å². The minimum absolute atomic E-state index is 0.461. The Kier molecular flexibility index (Phi) is 4.84. The number of nitrogens with two attached hydrogens (primary N) is 1. The first-order valence-electron chi connectivity index (χ1n) is 5.47. The number of esters is 1. The molecule has 0 aliphatic heterocycles. The van der Waals surface area contributed by atoms with Gasteiger partial charge in [0.25, 0.3) is 0 Å². The number of aliphatic hydroxyl groups excluding tert-OH is 1. The maximum absolute atomic E-state index is 11.7.